The van der Waals surface area contributed by atoms with Gasteiger partial charge in [-0.15, -0.1) is 5.06 Å². The maximum Gasteiger partial charge on any atom is 0.492 e. The minimum Gasteiger partial charge on any atom is -0.457 e. The molecule has 0 saturated heterocycles. The maximum atomic E-state index is 13.6. The lowest BCUT2D eigenvalue weighted by atomic mass is 9.75. The summed E-state index contributed by atoms with van der Waals surface area (Å²) in [6.07, 6.45) is -5.93. The van der Waals surface area contributed by atoms with Crippen LogP contribution < -0.4 is 4.74 Å². The monoisotopic (exact) mass is 529 g/mol. The van der Waals surface area contributed by atoms with Crippen LogP contribution in [0.25, 0.3) is 11.0 Å². The third kappa shape index (κ3) is 6.54. The lowest BCUT2D eigenvalue weighted by Gasteiger charge is -2.39. The van der Waals surface area contributed by atoms with Gasteiger partial charge in [0.05, 0.1) is 23.9 Å². The van der Waals surface area contributed by atoms with Crippen LogP contribution >= 0.6 is 0 Å². The molecule has 1 heterocycles. The lowest BCUT2D eigenvalue weighted by Crippen LogP contribution is -2.43. The predicted molar refractivity (Wildman–Crippen MR) is 121 cm³/mol. The Hall–Kier alpha value is -3.28. The van der Waals surface area contributed by atoms with Crippen molar-refractivity contribution in [2.75, 3.05) is 0 Å². The Balaban J connectivity index is 1.52. The molecule has 1 aliphatic rings. The van der Waals surface area contributed by atoms with E-state index >= 15 is 0 Å². The number of alkyl halides is 6. The van der Waals surface area contributed by atoms with Crippen molar-refractivity contribution in [2.24, 2.45) is 5.41 Å². The molecule has 12 heteroatoms. The topological polar surface area (TPSA) is 67.4 Å². The number of ether oxygens (including phenoxy) is 1. The van der Waals surface area contributed by atoms with Crippen molar-refractivity contribution < 1.29 is 40.7 Å². The number of halogens is 6. The van der Waals surface area contributed by atoms with E-state index in [4.69, 9.17) is 9.57 Å². The van der Waals surface area contributed by atoms with Gasteiger partial charge in [-0.3, -0.25) is 0 Å². The van der Waals surface area contributed by atoms with Crippen LogP contribution in [0.15, 0.2) is 42.7 Å². The van der Waals surface area contributed by atoms with Crippen LogP contribution in [0.4, 0.5) is 26.3 Å². The van der Waals surface area contributed by atoms with Crippen LogP contribution in [-0.4, -0.2) is 33.2 Å². The number of hydroxylamine groups is 2. The zero-order valence-corrected chi connectivity index (χ0v) is 20.0. The Bertz CT molecular complexity index is 1240. The Kier molecular flexibility index (Phi) is 7.15. The maximum absolute atomic E-state index is 13.6. The molecule has 2 aromatic carbocycles. The summed E-state index contributed by atoms with van der Waals surface area (Å²) in [6, 6.07) is 7.48. The smallest absolute Gasteiger partial charge is 0.457 e. The van der Waals surface area contributed by atoms with Crippen LogP contribution in [0.5, 0.6) is 11.5 Å². The number of H-pyrrole nitrogens is 1. The summed E-state index contributed by atoms with van der Waals surface area (Å²) in [5, 5.41) is 1.05. The molecular formula is C25H25F6N3O3. The normalized spacial score (nSPS) is 16.8. The summed E-state index contributed by atoms with van der Waals surface area (Å²) in [4.78, 5) is 22.9. The SMILES string of the molecule is CC1(C)CCC(N(Cc2ccc(Oc3cc4nc[nH]c4cc3C(F)(F)F)cc2)OC(=O)C(F)(F)F)CC1. The molecular weight excluding hydrogens is 504 g/mol. The second-order valence-corrected chi connectivity index (χ2v) is 9.86. The highest BCUT2D eigenvalue weighted by molar-refractivity contribution is 5.78. The first-order valence-corrected chi connectivity index (χ1v) is 11.6. The molecule has 0 bridgehead atoms. The number of aromatic nitrogens is 2. The zero-order valence-electron chi connectivity index (χ0n) is 20.0. The van der Waals surface area contributed by atoms with Crippen LogP contribution in [-0.2, 0) is 22.4 Å². The zero-order chi connectivity index (χ0) is 27.0. The number of aromatic amines is 1. The van der Waals surface area contributed by atoms with Gasteiger partial charge in [0, 0.05) is 12.1 Å². The van der Waals surface area contributed by atoms with Crippen LogP contribution in [0.1, 0.15) is 50.7 Å². The number of carbonyl (C=O) groups excluding carboxylic acids is 1. The Labute approximate surface area is 208 Å². The second kappa shape index (κ2) is 9.88. The fraction of sp³-hybridized carbons (Fsp3) is 0.440. The molecule has 6 nitrogen and oxygen atoms in total. The summed E-state index contributed by atoms with van der Waals surface area (Å²) in [5.41, 5.74) is 0.0420. The third-order valence-electron chi connectivity index (χ3n) is 6.46. The first kappa shape index (κ1) is 26.8. The average Bonchev–Trinajstić information content (AvgIpc) is 3.25. The molecule has 200 valence electrons. The van der Waals surface area contributed by atoms with Crippen molar-refractivity contribution in [1.82, 2.24) is 15.0 Å². The number of hydrogen-bond acceptors (Lipinski definition) is 5. The van der Waals surface area contributed by atoms with Gasteiger partial charge in [0.25, 0.3) is 0 Å². The number of nitrogens with one attached hydrogen (secondary N) is 1. The van der Waals surface area contributed by atoms with Gasteiger partial charge in [-0.05, 0) is 54.9 Å². The molecule has 0 atom stereocenters. The number of nitrogens with zero attached hydrogens (tertiary/aromatic N) is 2. The fourth-order valence-corrected chi connectivity index (χ4v) is 4.30. The molecule has 1 saturated carbocycles. The van der Waals surface area contributed by atoms with Crippen LogP contribution in [0.3, 0.4) is 0 Å². The van der Waals surface area contributed by atoms with Gasteiger partial charge in [0.15, 0.2) is 0 Å². The summed E-state index contributed by atoms with van der Waals surface area (Å²) in [7, 11) is 0. The molecule has 0 radical (unpaired) electrons. The standard InChI is InChI=1S/C25H25F6N3O3/c1-23(2)9-7-16(8-10-23)34(37-22(35)25(29,30)31)13-15-3-5-17(6-4-15)36-21-12-20-19(32-14-33-20)11-18(21)24(26,27)28/h3-6,11-12,14,16H,7-10,13H2,1-2H3,(H,32,33). The fourth-order valence-electron chi connectivity index (χ4n) is 4.30. The number of rotatable bonds is 6. The number of fused-ring (bicyclic) bond motifs is 1. The minimum atomic E-state index is -5.14. The van der Waals surface area contributed by atoms with Crippen molar-refractivity contribution in [3.63, 3.8) is 0 Å². The molecule has 1 N–H and O–H groups in total. The van der Waals surface area contributed by atoms with E-state index in [-0.39, 0.29) is 28.7 Å². The largest absolute Gasteiger partial charge is 0.492 e. The molecule has 1 aromatic heterocycles. The van der Waals surface area contributed by atoms with Crippen LogP contribution in [0.2, 0.25) is 0 Å². The highest BCUT2D eigenvalue weighted by atomic mass is 19.4. The quantitative estimate of drug-likeness (QED) is 0.271. The Morgan fingerprint density at radius 1 is 1.08 bits per heavy atom. The van der Waals surface area contributed by atoms with Gasteiger partial charge in [-0.25, -0.2) is 9.78 Å². The van der Waals surface area contributed by atoms with Crippen molar-refractivity contribution >= 4 is 17.0 Å². The molecule has 4 rings (SSSR count). The van der Waals surface area contributed by atoms with E-state index in [1.54, 1.807) is 0 Å². The van der Waals surface area contributed by atoms with E-state index < -0.39 is 35.7 Å². The van der Waals surface area contributed by atoms with E-state index in [1.807, 2.05) is 0 Å². The highest BCUT2D eigenvalue weighted by Crippen LogP contribution is 2.40. The number of benzene rings is 2. The van der Waals surface area contributed by atoms with E-state index in [1.165, 1.54) is 36.7 Å². The van der Waals surface area contributed by atoms with Crippen molar-refractivity contribution in [3.8, 4) is 11.5 Å². The van der Waals surface area contributed by atoms with E-state index in [0.29, 0.717) is 18.4 Å². The van der Waals surface area contributed by atoms with Crippen molar-refractivity contribution in [2.45, 2.75) is 64.5 Å². The molecule has 0 aliphatic heterocycles. The second-order valence-electron chi connectivity index (χ2n) is 9.86. The first-order valence-electron chi connectivity index (χ1n) is 11.6. The van der Waals surface area contributed by atoms with Gasteiger partial charge in [0.2, 0.25) is 0 Å². The molecule has 0 amide bonds. The highest BCUT2D eigenvalue weighted by Gasteiger charge is 2.44. The number of hydrogen-bond donors (Lipinski definition) is 1. The Morgan fingerprint density at radius 2 is 1.73 bits per heavy atom. The molecule has 0 spiro atoms. The van der Waals surface area contributed by atoms with Crippen LogP contribution in [0, 0.1) is 5.41 Å². The Morgan fingerprint density at radius 3 is 2.32 bits per heavy atom. The van der Waals surface area contributed by atoms with Gasteiger partial charge in [0.1, 0.15) is 17.1 Å². The molecule has 37 heavy (non-hydrogen) atoms. The van der Waals surface area contributed by atoms with Crippen molar-refractivity contribution in [3.05, 3.63) is 53.9 Å². The number of carbonyl (C=O) groups is 1. The van der Waals surface area contributed by atoms with Gasteiger partial charge in [-0.2, -0.15) is 26.3 Å². The molecule has 1 aliphatic carbocycles. The minimum absolute atomic E-state index is 0.0450. The summed E-state index contributed by atoms with van der Waals surface area (Å²) in [6.45, 7) is 4.02. The predicted octanol–water partition coefficient (Wildman–Crippen LogP) is 7.17. The van der Waals surface area contributed by atoms with E-state index in [9.17, 15) is 31.1 Å². The van der Waals surface area contributed by atoms with Gasteiger partial charge >= 0.3 is 18.3 Å². The average molecular weight is 529 g/mol. The lowest BCUT2D eigenvalue weighted by molar-refractivity contribution is -0.252. The van der Waals surface area contributed by atoms with E-state index in [2.05, 4.69) is 23.8 Å². The summed E-state index contributed by atoms with van der Waals surface area (Å²) < 4.78 is 84.9. The third-order valence-corrected chi connectivity index (χ3v) is 6.46. The number of imidazole rings is 1. The molecule has 0 unspecified atom stereocenters. The molecule has 3 aromatic rings. The van der Waals surface area contributed by atoms with Gasteiger partial charge < -0.3 is 14.6 Å². The van der Waals surface area contributed by atoms with Crippen molar-refractivity contribution in [1.29, 1.82) is 0 Å². The van der Waals surface area contributed by atoms with E-state index in [0.717, 1.165) is 24.0 Å². The summed E-state index contributed by atoms with van der Waals surface area (Å²) >= 11 is 0. The molecule has 1 fully saturated rings. The summed E-state index contributed by atoms with van der Waals surface area (Å²) in [5.74, 6) is -2.65. The van der Waals surface area contributed by atoms with Gasteiger partial charge in [-0.1, -0.05) is 26.0 Å². The first-order chi connectivity index (χ1) is 17.2.